The molecule has 0 spiro atoms. The molecule has 6 heteroatoms. The van der Waals surface area contributed by atoms with Crippen molar-refractivity contribution >= 4 is 45.0 Å². The number of halogens is 1. The van der Waals surface area contributed by atoms with Crippen molar-refractivity contribution in [1.82, 2.24) is 10.3 Å². The highest BCUT2D eigenvalue weighted by Gasteiger charge is 2.20. The summed E-state index contributed by atoms with van der Waals surface area (Å²) in [6.45, 7) is 0.528. The van der Waals surface area contributed by atoms with Gasteiger partial charge < -0.3 is 5.32 Å². The molecule has 2 heterocycles. The average Bonchev–Trinajstić information content (AvgIpc) is 3.01. The topological polar surface area (TPSA) is 54.4 Å². The first-order valence-electron chi connectivity index (χ1n) is 10.6. The van der Waals surface area contributed by atoms with Gasteiger partial charge in [-0.25, -0.2) is 4.99 Å². The van der Waals surface area contributed by atoms with Crippen LogP contribution < -0.4 is 5.32 Å². The Bertz CT molecular complexity index is 1340. The molecule has 0 aliphatic carbocycles. The number of nitrogens with zero attached hydrogens (tertiary/aromatic N) is 2. The summed E-state index contributed by atoms with van der Waals surface area (Å²) in [7, 11) is 0. The number of fused-ring (bicyclic) bond motifs is 2. The van der Waals surface area contributed by atoms with Crippen molar-refractivity contribution in [1.29, 1.82) is 0 Å². The van der Waals surface area contributed by atoms with E-state index in [9.17, 15) is 4.79 Å². The smallest absolute Gasteiger partial charge is 0.251 e. The molecule has 1 N–H and O–H groups in total. The van der Waals surface area contributed by atoms with Gasteiger partial charge in [-0.05, 0) is 48.5 Å². The minimum Gasteiger partial charge on any atom is -0.352 e. The molecule has 1 aromatic heterocycles. The zero-order chi connectivity index (χ0) is 22.6. The van der Waals surface area contributed by atoms with Gasteiger partial charge in [-0.2, -0.15) is 0 Å². The maximum Gasteiger partial charge on any atom is 0.251 e. The Morgan fingerprint density at radius 3 is 2.55 bits per heavy atom. The van der Waals surface area contributed by atoms with E-state index in [1.165, 1.54) is 0 Å². The maximum absolute atomic E-state index is 12.8. The van der Waals surface area contributed by atoms with E-state index < -0.39 is 0 Å². The van der Waals surface area contributed by atoms with Gasteiger partial charge in [0.2, 0.25) is 0 Å². The Balaban J connectivity index is 1.45. The van der Waals surface area contributed by atoms with Gasteiger partial charge in [0.1, 0.15) is 0 Å². The lowest BCUT2D eigenvalue weighted by atomic mass is 10.0. The Morgan fingerprint density at radius 2 is 1.73 bits per heavy atom. The van der Waals surface area contributed by atoms with E-state index in [0.29, 0.717) is 18.5 Å². The minimum absolute atomic E-state index is 0.110. The number of carbonyl (C=O) groups is 1. The van der Waals surface area contributed by atoms with E-state index >= 15 is 0 Å². The molecule has 1 amide bonds. The Labute approximate surface area is 205 Å². The minimum atomic E-state index is -0.110. The van der Waals surface area contributed by atoms with Crippen LogP contribution in [-0.4, -0.2) is 23.1 Å². The molecule has 33 heavy (non-hydrogen) atoms. The van der Waals surface area contributed by atoms with Gasteiger partial charge in [0.15, 0.2) is 0 Å². The molecular weight excluding hydrogens is 494 g/mol. The largest absolute Gasteiger partial charge is 0.352 e. The van der Waals surface area contributed by atoms with Crippen LogP contribution in [0.2, 0.25) is 0 Å². The van der Waals surface area contributed by atoms with Gasteiger partial charge in [0.05, 0.1) is 11.4 Å². The summed E-state index contributed by atoms with van der Waals surface area (Å²) < 4.78 is 1.02. The van der Waals surface area contributed by atoms with E-state index in [1.54, 1.807) is 18.0 Å². The number of carbonyl (C=O) groups excluding carboxylic acids is 1. The zero-order valence-corrected chi connectivity index (χ0v) is 20.1. The standard InChI is InChI=1S/C27H20BrN3OS/c28-20-11-8-18(9-12-20)26-22-6-1-2-7-24(22)33-25-13-10-19(17-23(25)31-26)27(32)30-16-14-21-5-3-4-15-29-21/h1-13,15,17H,14,16H2,(H,30,32). The summed E-state index contributed by atoms with van der Waals surface area (Å²) in [4.78, 5) is 24.3. The lowest BCUT2D eigenvalue weighted by molar-refractivity contribution is 0.0954. The number of hydrogen-bond acceptors (Lipinski definition) is 4. The van der Waals surface area contributed by atoms with Gasteiger partial charge in [-0.15, -0.1) is 0 Å². The molecule has 0 radical (unpaired) electrons. The van der Waals surface area contributed by atoms with Crippen LogP contribution in [0.5, 0.6) is 0 Å². The van der Waals surface area contributed by atoms with Gasteiger partial charge in [0, 0.05) is 55.8 Å². The number of nitrogens with one attached hydrogen (secondary N) is 1. The maximum atomic E-state index is 12.8. The first kappa shape index (κ1) is 21.6. The van der Waals surface area contributed by atoms with Crippen molar-refractivity contribution in [3.05, 3.63) is 118 Å². The first-order valence-corrected chi connectivity index (χ1v) is 12.2. The quantitative estimate of drug-likeness (QED) is 0.293. The van der Waals surface area contributed by atoms with Crippen LogP contribution >= 0.6 is 27.7 Å². The van der Waals surface area contributed by atoms with Crippen molar-refractivity contribution < 1.29 is 4.79 Å². The highest BCUT2D eigenvalue weighted by Crippen LogP contribution is 2.41. The monoisotopic (exact) mass is 513 g/mol. The molecule has 0 saturated heterocycles. The van der Waals surface area contributed by atoms with Gasteiger partial charge in [0.25, 0.3) is 5.91 Å². The fourth-order valence-electron chi connectivity index (χ4n) is 3.66. The molecule has 1 aliphatic rings. The van der Waals surface area contributed by atoms with Crippen LogP contribution in [0.4, 0.5) is 5.69 Å². The normalized spacial score (nSPS) is 12.2. The van der Waals surface area contributed by atoms with E-state index in [1.807, 2.05) is 60.7 Å². The van der Waals surface area contributed by atoms with Crippen molar-refractivity contribution in [3.8, 4) is 0 Å². The summed E-state index contributed by atoms with van der Waals surface area (Å²) >= 11 is 5.19. The fraction of sp³-hybridized carbons (Fsp3) is 0.0741. The van der Waals surface area contributed by atoms with Crippen molar-refractivity contribution in [2.75, 3.05) is 6.54 Å². The number of amides is 1. The van der Waals surface area contributed by atoms with Crippen molar-refractivity contribution in [2.24, 2.45) is 4.99 Å². The van der Waals surface area contributed by atoms with Crippen LogP contribution in [0.15, 0.2) is 110 Å². The predicted molar refractivity (Wildman–Crippen MR) is 137 cm³/mol. The van der Waals surface area contributed by atoms with Crippen LogP contribution in [0.3, 0.4) is 0 Å². The second-order valence-electron chi connectivity index (χ2n) is 7.58. The summed E-state index contributed by atoms with van der Waals surface area (Å²) in [5.41, 5.74) is 5.37. The van der Waals surface area contributed by atoms with Gasteiger partial charge in [-0.3, -0.25) is 9.78 Å². The third-order valence-electron chi connectivity index (χ3n) is 5.33. The molecule has 3 aromatic carbocycles. The Kier molecular flexibility index (Phi) is 6.37. The van der Waals surface area contributed by atoms with Crippen LogP contribution in [0, 0.1) is 0 Å². The molecule has 1 aliphatic heterocycles. The molecular formula is C27H20BrN3OS. The molecule has 4 nitrogen and oxygen atoms in total. The second-order valence-corrected chi connectivity index (χ2v) is 9.57. The molecule has 162 valence electrons. The lowest BCUT2D eigenvalue weighted by Crippen LogP contribution is -2.25. The van der Waals surface area contributed by atoms with Gasteiger partial charge >= 0.3 is 0 Å². The Morgan fingerprint density at radius 1 is 0.909 bits per heavy atom. The third kappa shape index (κ3) is 4.92. The number of pyridine rings is 1. The molecule has 0 atom stereocenters. The predicted octanol–water partition coefficient (Wildman–Crippen LogP) is 6.45. The molecule has 0 fully saturated rings. The third-order valence-corrected chi connectivity index (χ3v) is 7.00. The van der Waals surface area contributed by atoms with Gasteiger partial charge in [-0.1, -0.05) is 64.1 Å². The van der Waals surface area contributed by atoms with Crippen LogP contribution in [0.25, 0.3) is 0 Å². The molecule has 0 bridgehead atoms. The van der Waals surface area contributed by atoms with Crippen molar-refractivity contribution in [2.45, 2.75) is 16.2 Å². The summed E-state index contributed by atoms with van der Waals surface area (Å²) in [6.07, 6.45) is 2.45. The number of rotatable bonds is 5. The molecule has 5 rings (SSSR count). The number of aromatic nitrogens is 1. The number of benzene rings is 3. The number of aliphatic imine (C=N–C) groups is 1. The fourth-order valence-corrected chi connectivity index (χ4v) is 4.93. The number of hydrogen-bond donors (Lipinski definition) is 1. The van der Waals surface area contributed by atoms with E-state index in [4.69, 9.17) is 4.99 Å². The van der Waals surface area contributed by atoms with E-state index in [0.717, 1.165) is 42.5 Å². The second kappa shape index (κ2) is 9.73. The average molecular weight is 514 g/mol. The lowest BCUT2D eigenvalue weighted by Gasteiger charge is -2.09. The molecule has 0 unspecified atom stereocenters. The van der Waals surface area contributed by atoms with Crippen LogP contribution in [0.1, 0.15) is 27.2 Å². The summed E-state index contributed by atoms with van der Waals surface area (Å²) in [5, 5.41) is 3.00. The first-order chi connectivity index (χ1) is 16.2. The summed E-state index contributed by atoms with van der Waals surface area (Å²) in [5.74, 6) is -0.110. The van der Waals surface area contributed by atoms with Crippen molar-refractivity contribution in [3.63, 3.8) is 0 Å². The van der Waals surface area contributed by atoms with E-state index in [-0.39, 0.29) is 5.91 Å². The zero-order valence-electron chi connectivity index (χ0n) is 17.7. The Hall–Kier alpha value is -3.22. The highest BCUT2D eigenvalue weighted by atomic mass is 79.9. The SMILES string of the molecule is O=C(NCCc1ccccn1)c1ccc2c(c1)N=C(c1ccc(Br)cc1)c1ccccc1S2. The molecule has 0 saturated carbocycles. The molecule has 4 aromatic rings. The van der Waals surface area contributed by atoms with Crippen LogP contribution in [-0.2, 0) is 6.42 Å². The summed E-state index contributed by atoms with van der Waals surface area (Å²) in [6, 6.07) is 28.0. The highest BCUT2D eigenvalue weighted by molar-refractivity contribution is 9.10. The van der Waals surface area contributed by atoms with E-state index in [2.05, 4.69) is 50.5 Å².